The van der Waals surface area contributed by atoms with E-state index in [0.29, 0.717) is 36.3 Å². The minimum absolute atomic E-state index is 0.0438. The van der Waals surface area contributed by atoms with E-state index in [2.05, 4.69) is 27.1 Å². The number of ketones is 1. The quantitative estimate of drug-likeness (QED) is 0.258. The molecule has 10 heteroatoms. The first-order valence-corrected chi connectivity index (χ1v) is 14.9. The molecule has 0 spiro atoms. The fraction of sp³-hybridized carbons (Fsp3) is 0.300. The zero-order chi connectivity index (χ0) is 28.2. The van der Waals surface area contributed by atoms with E-state index in [1.54, 1.807) is 53.3 Å². The lowest BCUT2D eigenvalue weighted by atomic mass is 9.60. The largest absolute Gasteiger partial charge is 0.291 e. The van der Waals surface area contributed by atoms with Crippen molar-refractivity contribution in [3.63, 3.8) is 0 Å². The van der Waals surface area contributed by atoms with Gasteiger partial charge in [0.2, 0.25) is 0 Å². The number of halogens is 1. The Bertz CT molecular complexity index is 1750. The smallest absolute Gasteiger partial charge is 0.191 e. The van der Waals surface area contributed by atoms with Crippen molar-refractivity contribution < 1.29 is 13.4 Å². The van der Waals surface area contributed by atoms with Crippen molar-refractivity contribution in [1.82, 2.24) is 28.9 Å². The summed E-state index contributed by atoms with van der Waals surface area (Å²) in [7, 11) is 0.789. The molecule has 1 saturated carbocycles. The molecule has 3 heterocycles. The number of hydrogen-bond donors (Lipinski definition) is 0. The number of hydrogen-bond acceptors (Lipinski definition) is 5. The van der Waals surface area contributed by atoms with Gasteiger partial charge in [-0.25, -0.2) is 17.6 Å². The van der Waals surface area contributed by atoms with E-state index in [4.69, 9.17) is 0 Å². The summed E-state index contributed by atoms with van der Waals surface area (Å²) in [5, 5.41) is 8.81. The molecule has 0 N–H and O–H groups in total. The standard InChI is InChI=1S/C30H31FN6O2S/c1-20-11-12-32-27(13-20)29(38)30-15-21-17-34-37(24-9-6-23(31)7-10-24)28(21)14-22(30)5-8-25(16-30)36(3)40(4,39)26-18-33-35(2)19-26/h6-7,9-14,17-19,25H,4-5,8,15-16H2,1-3H3/t25-,30+,40?/m1/s1. The van der Waals surface area contributed by atoms with Crippen molar-refractivity contribution in [2.24, 2.45) is 12.5 Å². The highest BCUT2D eigenvalue weighted by molar-refractivity contribution is 7.98. The fourth-order valence-corrected chi connectivity index (χ4v) is 7.58. The molecule has 0 aliphatic heterocycles. The maximum absolute atomic E-state index is 14.4. The number of pyridine rings is 1. The van der Waals surface area contributed by atoms with Crippen LogP contribution in [-0.2, 0) is 23.2 Å². The van der Waals surface area contributed by atoms with Gasteiger partial charge < -0.3 is 0 Å². The summed E-state index contributed by atoms with van der Waals surface area (Å²) in [5.41, 5.74) is 4.10. The zero-order valence-electron chi connectivity index (χ0n) is 22.7. The second-order valence-corrected chi connectivity index (χ2v) is 13.2. The molecule has 0 amide bonds. The Balaban J connectivity index is 1.43. The molecule has 0 saturated heterocycles. The lowest BCUT2D eigenvalue weighted by Gasteiger charge is -2.46. The molecule has 3 atom stereocenters. The minimum Gasteiger partial charge on any atom is -0.291 e. The van der Waals surface area contributed by atoms with Crippen LogP contribution < -0.4 is 0 Å². The summed E-state index contributed by atoms with van der Waals surface area (Å²) in [6.45, 7) is 1.95. The molecule has 6 rings (SSSR count). The van der Waals surface area contributed by atoms with Gasteiger partial charge in [0.15, 0.2) is 5.78 Å². The van der Waals surface area contributed by atoms with Gasteiger partial charge in [0.05, 0.1) is 43.8 Å². The number of Topliss-reactive ketones (excluding diaryl/α,β-unsaturated/α-hetero) is 1. The maximum Gasteiger partial charge on any atom is 0.191 e. The van der Waals surface area contributed by atoms with Crippen LogP contribution in [0.1, 0.15) is 46.6 Å². The SMILES string of the molecule is C=S(=O)(c1cnn(C)c1)N(C)[C@@H]1CCC2=Cc3c(cnn3-c3ccc(F)cc3)C[C@]2(C(=O)c2cc(C)ccn2)C1. The van der Waals surface area contributed by atoms with Gasteiger partial charge in [0, 0.05) is 25.5 Å². The summed E-state index contributed by atoms with van der Waals surface area (Å²) in [4.78, 5) is 19.5. The van der Waals surface area contributed by atoms with Crippen LogP contribution >= 0.6 is 0 Å². The number of aromatic nitrogens is 5. The molecular formula is C30H31FN6O2S. The van der Waals surface area contributed by atoms with Crippen LogP contribution in [0.4, 0.5) is 4.39 Å². The summed E-state index contributed by atoms with van der Waals surface area (Å²) < 4.78 is 32.8. The predicted octanol–water partition coefficient (Wildman–Crippen LogP) is 4.43. The van der Waals surface area contributed by atoms with Crippen LogP contribution in [-0.4, -0.2) is 57.8 Å². The number of allylic oxidation sites excluding steroid dienone is 1. The maximum atomic E-state index is 14.4. The number of carbonyl (C=O) groups excluding carboxylic acids is 1. The predicted molar refractivity (Wildman–Crippen MR) is 153 cm³/mol. The van der Waals surface area contributed by atoms with Crippen molar-refractivity contribution in [1.29, 1.82) is 0 Å². The molecule has 0 radical (unpaired) electrons. The highest BCUT2D eigenvalue weighted by Crippen LogP contribution is 2.51. The summed E-state index contributed by atoms with van der Waals surface area (Å²) in [6.07, 6.45) is 11.1. The Labute approximate surface area is 233 Å². The third-order valence-corrected chi connectivity index (χ3v) is 10.5. The van der Waals surface area contributed by atoms with Crippen molar-refractivity contribution in [2.75, 3.05) is 7.05 Å². The molecular weight excluding hydrogens is 527 g/mol. The molecule has 1 fully saturated rings. The van der Waals surface area contributed by atoms with Crippen molar-refractivity contribution in [2.45, 2.75) is 43.5 Å². The van der Waals surface area contributed by atoms with Gasteiger partial charge in [-0.05, 0) is 99.1 Å². The highest BCUT2D eigenvalue weighted by Gasteiger charge is 2.50. The molecule has 3 aromatic heterocycles. The molecule has 2 aliphatic rings. The number of aryl methyl sites for hydroxylation is 2. The van der Waals surface area contributed by atoms with Crippen LogP contribution in [0.2, 0.25) is 0 Å². The monoisotopic (exact) mass is 558 g/mol. The van der Waals surface area contributed by atoms with Crippen molar-refractivity contribution >= 4 is 27.4 Å². The van der Waals surface area contributed by atoms with Crippen molar-refractivity contribution in [3.05, 3.63) is 95.1 Å². The Morgan fingerprint density at radius 1 is 1.20 bits per heavy atom. The van der Waals surface area contributed by atoms with E-state index in [-0.39, 0.29) is 17.6 Å². The zero-order valence-corrected chi connectivity index (χ0v) is 23.6. The van der Waals surface area contributed by atoms with Gasteiger partial charge in [-0.3, -0.25) is 14.5 Å². The first-order chi connectivity index (χ1) is 19.1. The van der Waals surface area contributed by atoms with Gasteiger partial charge in [0.25, 0.3) is 0 Å². The first-order valence-electron chi connectivity index (χ1n) is 13.2. The topological polar surface area (TPSA) is 85.9 Å². The number of nitrogens with zero attached hydrogens (tertiary/aromatic N) is 6. The molecule has 4 aromatic rings. The van der Waals surface area contributed by atoms with Gasteiger partial charge >= 0.3 is 0 Å². The first kappa shape index (κ1) is 26.3. The Kier molecular flexibility index (Phi) is 6.35. The second-order valence-electron chi connectivity index (χ2n) is 10.9. The van der Waals surface area contributed by atoms with Crippen LogP contribution in [0.15, 0.2) is 71.7 Å². The summed E-state index contributed by atoms with van der Waals surface area (Å²) in [5.74, 6) is 3.74. The van der Waals surface area contributed by atoms with E-state index >= 15 is 0 Å². The van der Waals surface area contributed by atoms with Crippen LogP contribution in [0.5, 0.6) is 0 Å². The second kappa shape index (κ2) is 9.64. The van der Waals surface area contributed by atoms with E-state index in [9.17, 15) is 13.4 Å². The van der Waals surface area contributed by atoms with Gasteiger partial charge in [-0.1, -0.05) is 5.57 Å². The molecule has 2 aliphatic carbocycles. The van der Waals surface area contributed by atoms with Crippen molar-refractivity contribution in [3.8, 4) is 5.69 Å². The minimum atomic E-state index is -2.82. The van der Waals surface area contributed by atoms with E-state index < -0.39 is 15.1 Å². The summed E-state index contributed by atoms with van der Waals surface area (Å²) >= 11 is 0. The van der Waals surface area contributed by atoms with Crippen LogP contribution in [0.3, 0.4) is 0 Å². The number of fused-ring (bicyclic) bond motifs is 2. The van der Waals surface area contributed by atoms with Gasteiger partial charge in [0.1, 0.15) is 11.5 Å². The van der Waals surface area contributed by atoms with E-state index in [0.717, 1.165) is 28.1 Å². The Hall–Kier alpha value is -3.89. The van der Waals surface area contributed by atoms with Crippen LogP contribution in [0, 0.1) is 18.2 Å². The third-order valence-electron chi connectivity index (χ3n) is 8.32. The highest BCUT2D eigenvalue weighted by atomic mass is 32.2. The van der Waals surface area contributed by atoms with Crippen LogP contribution in [0.25, 0.3) is 11.8 Å². The third kappa shape index (κ3) is 4.31. The molecule has 8 nitrogen and oxygen atoms in total. The normalized spacial score (nSPS) is 21.8. The average Bonchev–Trinajstić information content (AvgIpc) is 3.57. The number of carbonyl (C=O) groups is 1. The molecule has 1 aromatic carbocycles. The summed E-state index contributed by atoms with van der Waals surface area (Å²) in [6, 6.07) is 9.76. The molecule has 40 heavy (non-hydrogen) atoms. The fourth-order valence-electron chi connectivity index (χ4n) is 6.06. The molecule has 0 bridgehead atoms. The number of rotatable bonds is 6. The molecule has 206 valence electrons. The average molecular weight is 559 g/mol. The van der Waals surface area contributed by atoms with Gasteiger partial charge in [-0.2, -0.15) is 10.2 Å². The Morgan fingerprint density at radius 2 is 1.98 bits per heavy atom. The Morgan fingerprint density at radius 3 is 2.67 bits per heavy atom. The van der Waals surface area contributed by atoms with E-state index in [1.807, 2.05) is 30.4 Å². The lowest BCUT2D eigenvalue weighted by Crippen LogP contribution is -2.49. The lowest BCUT2D eigenvalue weighted by molar-refractivity contribution is 0.0749. The molecule has 1 unspecified atom stereocenters. The van der Waals surface area contributed by atoms with E-state index in [1.165, 1.54) is 12.1 Å². The number of benzene rings is 1. The van der Waals surface area contributed by atoms with Gasteiger partial charge in [-0.15, -0.1) is 0 Å².